The van der Waals surface area contributed by atoms with Gasteiger partial charge in [-0.3, -0.25) is 0 Å². The van der Waals surface area contributed by atoms with Crippen LogP contribution in [-0.4, -0.2) is 19.9 Å². The molecule has 0 saturated carbocycles. The second kappa shape index (κ2) is 11.8. The molecular weight excluding hydrogens is 633 g/mol. The largest absolute Gasteiger partial charge is 0.360 e. The quantitative estimate of drug-likeness (QED) is 0.143. The molecule has 8 bridgehead atoms. The standard InChI is InChI=1S/C48H44N4/c1-45(33-17-9-5-10-18-33)37-25-27-39(49-37)46(2,34-19-11-6-12-20-34)41-29-31-43(51-41)48(4,36-23-15-8-16-24-36)44-32-30-42(52-44)47(3,35-21-13-7-14-22-35)40-28-26-38(45)50-40/h5-32,49-52H,1-4H3. The molecule has 0 saturated heterocycles. The van der Waals surface area contributed by atoms with E-state index in [2.05, 4.69) is 217 Å². The highest BCUT2D eigenvalue weighted by atomic mass is 14.9. The fraction of sp³-hybridized carbons (Fsp3) is 0.167. The number of benzene rings is 4. The summed E-state index contributed by atoms with van der Waals surface area (Å²) in [5, 5.41) is 0. The highest BCUT2D eigenvalue weighted by molar-refractivity contribution is 5.55. The Bertz CT molecular complexity index is 2030. The first-order chi connectivity index (χ1) is 25.3. The zero-order valence-corrected chi connectivity index (χ0v) is 30.2. The van der Waals surface area contributed by atoms with Gasteiger partial charge in [-0.05, 0) is 98.5 Å². The van der Waals surface area contributed by atoms with Gasteiger partial charge in [-0.25, -0.2) is 0 Å². The molecule has 1 aliphatic heterocycles. The van der Waals surface area contributed by atoms with E-state index in [9.17, 15) is 0 Å². The van der Waals surface area contributed by atoms with Crippen molar-refractivity contribution in [2.45, 2.75) is 49.4 Å². The number of H-pyrrole nitrogens is 4. The Balaban J connectivity index is 1.38. The van der Waals surface area contributed by atoms with Crippen molar-refractivity contribution in [3.8, 4) is 0 Å². The van der Waals surface area contributed by atoms with Crippen LogP contribution < -0.4 is 0 Å². The average molecular weight is 677 g/mol. The summed E-state index contributed by atoms with van der Waals surface area (Å²) in [6.45, 7) is 9.34. The number of hydrogen-bond acceptors (Lipinski definition) is 0. The summed E-state index contributed by atoms with van der Waals surface area (Å²) in [6, 6.07) is 61.7. The van der Waals surface area contributed by atoms with Crippen molar-refractivity contribution in [1.29, 1.82) is 0 Å². The Labute approximate surface area is 306 Å². The normalized spacial score (nSPS) is 24.1. The molecule has 52 heavy (non-hydrogen) atoms. The minimum Gasteiger partial charge on any atom is -0.360 e. The summed E-state index contributed by atoms with van der Waals surface area (Å²) >= 11 is 0. The number of aromatic nitrogens is 4. The molecule has 0 spiro atoms. The lowest BCUT2D eigenvalue weighted by molar-refractivity contribution is 0.588. The molecule has 4 N–H and O–H groups in total. The van der Waals surface area contributed by atoms with Crippen molar-refractivity contribution in [2.24, 2.45) is 0 Å². The van der Waals surface area contributed by atoms with Gasteiger partial charge in [0.25, 0.3) is 0 Å². The fourth-order valence-corrected chi connectivity index (χ4v) is 8.82. The van der Waals surface area contributed by atoms with Gasteiger partial charge in [0.1, 0.15) is 0 Å². The highest BCUT2D eigenvalue weighted by Crippen LogP contribution is 2.47. The van der Waals surface area contributed by atoms with E-state index < -0.39 is 21.7 Å². The van der Waals surface area contributed by atoms with Crippen LogP contribution in [0.2, 0.25) is 0 Å². The summed E-state index contributed by atoms with van der Waals surface area (Å²) in [6.07, 6.45) is 0. The van der Waals surface area contributed by atoms with E-state index in [1.165, 1.54) is 22.3 Å². The van der Waals surface area contributed by atoms with Gasteiger partial charge in [0.05, 0.1) is 21.7 Å². The average Bonchev–Trinajstić information content (AvgIpc) is 4.05. The van der Waals surface area contributed by atoms with Crippen molar-refractivity contribution >= 4 is 0 Å². The number of aromatic amines is 4. The third kappa shape index (κ3) is 4.53. The molecule has 8 aromatic rings. The van der Waals surface area contributed by atoms with Gasteiger partial charge >= 0.3 is 0 Å². The van der Waals surface area contributed by atoms with Crippen LogP contribution in [0.3, 0.4) is 0 Å². The number of nitrogens with one attached hydrogen (secondary N) is 4. The van der Waals surface area contributed by atoms with E-state index in [0.717, 1.165) is 45.6 Å². The second-order valence-electron chi connectivity index (χ2n) is 15.1. The summed E-state index contributed by atoms with van der Waals surface area (Å²) in [5.41, 5.74) is 11.8. The van der Waals surface area contributed by atoms with Crippen LogP contribution in [0.4, 0.5) is 0 Å². The second-order valence-corrected chi connectivity index (χ2v) is 15.1. The smallest absolute Gasteiger partial charge is 0.0723 e. The van der Waals surface area contributed by atoms with Crippen LogP contribution in [-0.2, 0) is 21.7 Å². The topological polar surface area (TPSA) is 63.2 Å². The van der Waals surface area contributed by atoms with Gasteiger partial charge < -0.3 is 19.9 Å². The van der Waals surface area contributed by atoms with Crippen LogP contribution in [0.25, 0.3) is 0 Å². The maximum atomic E-state index is 4.03. The molecular formula is C48H44N4. The molecule has 4 heteroatoms. The van der Waals surface area contributed by atoms with Crippen molar-refractivity contribution < 1.29 is 0 Å². The molecule has 4 aromatic carbocycles. The molecule has 0 radical (unpaired) electrons. The van der Waals surface area contributed by atoms with Crippen LogP contribution in [0, 0.1) is 0 Å². The van der Waals surface area contributed by atoms with Crippen molar-refractivity contribution in [3.63, 3.8) is 0 Å². The van der Waals surface area contributed by atoms with E-state index in [1.54, 1.807) is 0 Å². The lowest BCUT2D eigenvalue weighted by Gasteiger charge is -2.34. The zero-order chi connectivity index (χ0) is 35.6. The Morgan fingerprint density at radius 1 is 0.231 bits per heavy atom. The number of fused-ring (bicyclic) bond motifs is 8. The predicted molar refractivity (Wildman–Crippen MR) is 211 cm³/mol. The Morgan fingerprint density at radius 3 is 0.538 bits per heavy atom. The monoisotopic (exact) mass is 676 g/mol. The molecule has 0 atom stereocenters. The van der Waals surface area contributed by atoms with Gasteiger partial charge in [0.2, 0.25) is 0 Å². The Hall–Kier alpha value is -6.00. The molecule has 0 fully saturated rings. The summed E-state index contributed by atoms with van der Waals surface area (Å²) < 4.78 is 0. The predicted octanol–water partition coefficient (Wildman–Crippen LogP) is 10.7. The van der Waals surface area contributed by atoms with E-state index in [-0.39, 0.29) is 0 Å². The van der Waals surface area contributed by atoms with E-state index in [1.807, 2.05) is 0 Å². The zero-order valence-electron chi connectivity index (χ0n) is 30.2. The first-order valence-electron chi connectivity index (χ1n) is 18.3. The van der Waals surface area contributed by atoms with Crippen molar-refractivity contribution in [3.05, 3.63) is 238 Å². The SMILES string of the molecule is CC1(c2ccccc2)c2ccc([nH]2)C(C)(c2ccccc2)c2ccc([nH]2)C(C)(c2ccccc2)c2ccc([nH]2)C(C)(c2ccccc2)c2ccc1[nH]2. The Kier molecular flexibility index (Phi) is 7.24. The maximum Gasteiger partial charge on any atom is 0.0723 e. The third-order valence-corrected chi connectivity index (χ3v) is 12.5. The van der Waals surface area contributed by atoms with Crippen molar-refractivity contribution in [1.82, 2.24) is 19.9 Å². The van der Waals surface area contributed by atoms with Crippen LogP contribution >= 0.6 is 0 Å². The first-order valence-corrected chi connectivity index (χ1v) is 18.3. The molecule has 4 aromatic heterocycles. The lowest BCUT2D eigenvalue weighted by Crippen LogP contribution is -2.31. The van der Waals surface area contributed by atoms with Crippen LogP contribution in [0.1, 0.15) is 95.5 Å². The summed E-state index contributed by atoms with van der Waals surface area (Å²) in [5.74, 6) is 0. The van der Waals surface area contributed by atoms with Gasteiger partial charge in [-0.15, -0.1) is 0 Å². The van der Waals surface area contributed by atoms with Gasteiger partial charge in [-0.1, -0.05) is 121 Å². The number of hydrogen-bond donors (Lipinski definition) is 4. The lowest BCUT2D eigenvalue weighted by atomic mass is 9.76. The Morgan fingerprint density at radius 2 is 0.385 bits per heavy atom. The van der Waals surface area contributed by atoms with Gasteiger partial charge in [0.15, 0.2) is 0 Å². The molecule has 9 rings (SSSR count). The minimum atomic E-state index is -0.502. The summed E-state index contributed by atoms with van der Waals surface area (Å²) in [4.78, 5) is 16.1. The highest BCUT2D eigenvalue weighted by Gasteiger charge is 2.43. The van der Waals surface area contributed by atoms with E-state index in [0.29, 0.717) is 0 Å². The molecule has 1 aliphatic rings. The third-order valence-electron chi connectivity index (χ3n) is 12.5. The van der Waals surface area contributed by atoms with Gasteiger partial charge in [-0.2, -0.15) is 0 Å². The van der Waals surface area contributed by atoms with Crippen molar-refractivity contribution in [2.75, 3.05) is 0 Å². The maximum absolute atomic E-state index is 4.03. The summed E-state index contributed by atoms with van der Waals surface area (Å²) in [7, 11) is 0. The molecule has 0 unspecified atom stereocenters. The van der Waals surface area contributed by atoms with Crippen LogP contribution in [0.15, 0.2) is 170 Å². The van der Waals surface area contributed by atoms with Crippen LogP contribution in [0.5, 0.6) is 0 Å². The molecule has 0 aliphatic carbocycles. The minimum absolute atomic E-state index is 0.502. The molecule has 0 amide bonds. The first kappa shape index (κ1) is 31.9. The molecule has 256 valence electrons. The fourth-order valence-electron chi connectivity index (χ4n) is 8.82. The van der Waals surface area contributed by atoms with E-state index in [4.69, 9.17) is 0 Å². The number of rotatable bonds is 4. The molecule has 4 nitrogen and oxygen atoms in total. The van der Waals surface area contributed by atoms with Gasteiger partial charge in [0, 0.05) is 45.6 Å². The molecule has 5 heterocycles. The van der Waals surface area contributed by atoms with E-state index >= 15 is 0 Å².